The van der Waals surface area contributed by atoms with E-state index in [0.717, 1.165) is 27.7 Å². The second kappa shape index (κ2) is 5.48. The van der Waals surface area contributed by atoms with Crippen molar-refractivity contribution in [1.29, 1.82) is 0 Å². The number of hydrogen-bond donors (Lipinski definition) is 2. The number of aryl methyl sites for hydroxylation is 2. The van der Waals surface area contributed by atoms with Gasteiger partial charge in [-0.25, -0.2) is 0 Å². The average molecular weight is 291 g/mol. The number of carbonyl (C=O) groups excluding carboxylic acids is 1. The zero-order valence-corrected chi connectivity index (χ0v) is 12.6. The molecule has 0 radical (unpaired) electrons. The maximum atomic E-state index is 11.7. The summed E-state index contributed by atoms with van der Waals surface area (Å²) < 4.78 is 0. The van der Waals surface area contributed by atoms with E-state index in [0.29, 0.717) is 11.3 Å². The van der Waals surface area contributed by atoms with Crippen LogP contribution in [0.4, 0.5) is 11.4 Å². The van der Waals surface area contributed by atoms with E-state index in [1.165, 1.54) is 6.20 Å². The third kappa shape index (κ3) is 2.63. The number of rotatable bonds is 3. The number of pyridine rings is 1. The maximum absolute atomic E-state index is 11.7. The lowest BCUT2D eigenvalue weighted by Crippen LogP contribution is -2.14. The fourth-order valence-corrected chi connectivity index (χ4v) is 2.50. The van der Waals surface area contributed by atoms with Gasteiger partial charge in [-0.1, -0.05) is 23.8 Å². The van der Waals surface area contributed by atoms with Crippen LogP contribution in [0.2, 0.25) is 0 Å². The second-order valence-corrected chi connectivity index (χ2v) is 5.43. The van der Waals surface area contributed by atoms with Gasteiger partial charge in [0.15, 0.2) is 0 Å². The smallest absolute Gasteiger partial charge is 0.252 e. The van der Waals surface area contributed by atoms with Crippen LogP contribution in [-0.2, 0) is 0 Å². The Labute approximate surface area is 129 Å². The summed E-state index contributed by atoms with van der Waals surface area (Å²) in [6.45, 7) is 4.03. The number of primary amides is 1. The molecular formula is C18H17N3O. The summed E-state index contributed by atoms with van der Waals surface area (Å²) in [6, 6.07) is 13.9. The van der Waals surface area contributed by atoms with E-state index in [9.17, 15) is 4.79 Å². The molecule has 3 aromatic rings. The molecule has 0 aliphatic carbocycles. The number of nitrogens with one attached hydrogen (secondary N) is 1. The van der Waals surface area contributed by atoms with Gasteiger partial charge < -0.3 is 11.1 Å². The molecule has 0 atom stereocenters. The highest BCUT2D eigenvalue weighted by Crippen LogP contribution is 2.29. The van der Waals surface area contributed by atoms with Crippen LogP contribution in [0, 0.1) is 13.8 Å². The summed E-state index contributed by atoms with van der Waals surface area (Å²) >= 11 is 0. The van der Waals surface area contributed by atoms with Gasteiger partial charge in [-0.3, -0.25) is 9.78 Å². The average Bonchev–Trinajstić information content (AvgIpc) is 2.47. The third-order valence-corrected chi connectivity index (χ3v) is 3.58. The Hall–Kier alpha value is -2.88. The number of hydrogen-bond acceptors (Lipinski definition) is 3. The molecule has 2 aromatic carbocycles. The molecule has 0 fully saturated rings. The first-order valence-electron chi connectivity index (χ1n) is 7.07. The van der Waals surface area contributed by atoms with Gasteiger partial charge >= 0.3 is 0 Å². The predicted molar refractivity (Wildman–Crippen MR) is 89.5 cm³/mol. The summed E-state index contributed by atoms with van der Waals surface area (Å²) in [6.07, 6.45) is 1.53. The van der Waals surface area contributed by atoms with E-state index in [4.69, 9.17) is 5.73 Å². The van der Waals surface area contributed by atoms with E-state index in [-0.39, 0.29) is 0 Å². The van der Waals surface area contributed by atoms with Gasteiger partial charge in [0.1, 0.15) is 0 Å². The molecule has 3 rings (SSSR count). The van der Waals surface area contributed by atoms with Crippen molar-refractivity contribution < 1.29 is 4.79 Å². The van der Waals surface area contributed by atoms with Crippen LogP contribution in [0.3, 0.4) is 0 Å². The van der Waals surface area contributed by atoms with Gasteiger partial charge in [0, 0.05) is 17.3 Å². The van der Waals surface area contributed by atoms with Crippen LogP contribution in [0.1, 0.15) is 21.5 Å². The fraction of sp³-hybridized carbons (Fsp3) is 0.111. The molecule has 0 unspecified atom stereocenters. The molecule has 1 amide bonds. The molecule has 3 N–H and O–H groups in total. The SMILES string of the molecule is Cc1cccc(Nc2c(C(N)=O)cnc3ccc(C)cc23)c1. The first-order valence-corrected chi connectivity index (χ1v) is 7.07. The van der Waals surface area contributed by atoms with Crippen LogP contribution in [0.25, 0.3) is 10.9 Å². The molecule has 0 saturated carbocycles. The number of carbonyl (C=O) groups is 1. The first-order chi connectivity index (χ1) is 10.5. The van der Waals surface area contributed by atoms with Crippen molar-refractivity contribution in [3.8, 4) is 0 Å². The van der Waals surface area contributed by atoms with Gasteiger partial charge in [-0.2, -0.15) is 0 Å². The fourth-order valence-electron chi connectivity index (χ4n) is 2.50. The standard InChI is InChI=1S/C18H17N3O/c1-11-4-3-5-13(8-11)21-17-14-9-12(2)6-7-16(14)20-10-15(17)18(19)22/h3-10H,1-2H3,(H2,19,22)(H,20,21). The first kappa shape index (κ1) is 14.1. The van der Waals surface area contributed by atoms with Gasteiger partial charge in [-0.05, 0) is 43.7 Å². The molecule has 22 heavy (non-hydrogen) atoms. The lowest BCUT2D eigenvalue weighted by molar-refractivity contribution is 0.100. The van der Waals surface area contributed by atoms with Crippen molar-refractivity contribution in [2.45, 2.75) is 13.8 Å². The predicted octanol–water partition coefficient (Wildman–Crippen LogP) is 3.69. The normalized spacial score (nSPS) is 10.6. The van der Waals surface area contributed by atoms with E-state index in [1.54, 1.807) is 0 Å². The van der Waals surface area contributed by atoms with Crippen LogP contribution in [0.5, 0.6) is 0 Å². The maximum Gasteiger partial charge on any atom is 0.252 e. The number of anilines is 2. The van der Waals surface area contributed by atoms with Crippen LogP contribution >= 0.6 is 0 Å². The van der Waals surface area contributed by atoms with E-state index in [1.807, 2.05) is 56.3 Å². The Morgan fingerprint density at radius 2 is 1.86 bits per heavy atom. The Morgan fingerprint density at radius 3 is 2.59 bits per heavy atom. The topological polar surface area (TPSA) is 68.0 Å². The van der Waals surface area contributed by atoms with Crippen molar-refractivity contribution >= 4 is 28.2 Å². The Kier molecular flexibility index (Phi) is 3.51. The summed E-state index contributed by atoms with van der Waals surface area (Å²) in [5, 5.41) is 4.21. The highest BCUT2D eigenvalue weighted by Gasteiger charge is 2.13. The molecule has 4 heteroatoms. The van der Waals surface area contributed by atoms with Crippen molar-refractivity contribution in [3.05, 3.63) is 65.4 Å². The minimum absolute atomic E-state index is 0.389. The molecule has 0 spiro atoms. The number of nitrogens with zero attached hydrogens (tertiary/aromatic N) is 1. The lowest BCUT2D eigenvalue weighted by atomic mass is 10.1. The van der Waals surface area contributed by atoms with Gasteiger partial charge in [0.25, 0.3) is 5.91 Å². The summed E-state index contributed by atoms with van der Waals surface area (Å²) in [5.41, 5.74) is 10.6. The number of amides is 1. The summed E-state index contributed by atoms with van der Waals surface area (Å²) in [5.74, 6) is -0.494. The molecular weight excluding hydrogens is 274 g/mol. The highest BCUT2D eigenvalue weighted by molar-refractivity contribution is 6.07. The monoisotopic (exact) mass is 291 g/mol. The molecule has 4 nitrogen and oxygen atoms in total. The number of fused-ring (bicyclic) bond motifs is 1. The summed E-state index contributed by atoms with van der Waals surface area (Å²) in [4.78, 5) is 16.1. The van der Waals surface area contributed by atoms with E-state index in [2.05, 4.69) is 10.3 Å². The number of aromatic nitrogens is 1. The molecule has 0 aliphatic rings. The number of benzene rings is 2. The Bertz CT molecular complexity index is 871. The Morgan fingerprint density at radius 1 is 1.09 bits per heavy atom. The molecule has 110 valence electrons. The van der Waals surface area contributed by atoms with Gasteiger partial charge in [0.05, 0.1) is 16.8 Å². The quantitative estimate of drug-likeness (QED) is 0.773. The lowest BCUT2D eigenvalue weighted by Gasteiger charge is -2.14. The minimum atomic E-state index is -0.494. The van der Waals surface area contributed by atoms with Gasteiger partial charge in [-0.15, -0.1) is 0 Å². The zero-order chi connectivity index (χ0) is 15.7. The number of nitrogens with two attached hydrogens (primary N) is 1. The largest absolute Gasteiger partial charge is 0.365 e. The van der Waals surface area contributed by atoms with Crippen molar-refractivity contribution in [3.63, 3.8) is 0 Å². The molecule has 1 heterocycles. The van der Waals surface area contributed by atoms with Crippen molar-refractivity contribution in [1.82, 2.24) is 4.98 Å². The Balaban J connectivity index is 2.22. The van der Waals surface area contributed by atoms with Crippen molar-refractivity contribution in [2.75, 3.05) is 5.32 Å². The van der Waals surface area contributed by atoms with Gasteiger partial charge in [0.2, 0.25) is 0 Å². The molecule has 0 saturated heterocycles. The molecule has 0 aliphatic heterocycles. The van der Waals surface area contributed by atoms with Crippen LogP contribution < -0.4 is 11.1 Å². The zero-order valence-electron chi connectivity index (χ0n) is 12.6. The molecule has 0 bridgehead atoms. The van der Waals surface area contributed by atoms with Crippen LogP contribution in [-0.4, -0.2) is 10.9 Å². The third-order valence-electron chi connectivity index (χ3n) is 3.58. The molecule has 1 aromatic heterocycles. The van der Waals surface area contributed by atoms with Crippen molar-refractivity contribution in [2.24, 2.45) is 5.73 Å². The minimum Gasteiger partial charge on any atom is -0.365 e. The van der Waals surface area contributed by atoms with E-state index < -0.39 is 5.91 Å². The van der Waals surface area contributed by atoms with Crippen LogP contribution in [0.15, 0.2) is 48.7 Å². The highest BCUT2D eigenvalue weighted by atomic mass is 16.1. The summed E-state index contributed by atoms with van der Waals surface area (Å²) in [7, 11) is 0. The van der Waals surface area contributed by atoms with E-state index >= 15 is 0 Å². The second-order valence-electron chi connectivity index (χ2n) is 5.43.